The zero-order valence-electron chi connectivity index (χ0n) is 8.18. The predicted molar refractivity (Wildman–Crippen MR) is 64.4 cm³/mol. The summed E-state index contributed by atoms with van der Waals surface area (Å²) in [6.45, 7) is 0. The fourth-order valence-electron chi connectivity index (χ4n) is 1.53. The number of halogens is 1. The third-order valence-electron chi connectivity index (χ3n) is 2.29. The molecule has 4 nitrogen and oxygen atoms in total. The summed E-state index contributed by atoms with van der Waals surface area (Å²) < 4.78 is 0.646. The van der Waals surface area contributed by atoms with E-state index in [1.165, 1.54) is 0 Å². The molecule has 5 heteroatoms. The molecule has 0 radical (unpaired) electrons. The Labute approximate surface area is 99.9 Å². The SMILES string of the molecule is O/N=c1/cc(NO)c2ccccc2cc1Br. The van der Waals surface area contributed by atoms with Crippen LogP contribution in [0.5, 0.6) is 0 Å². The first kappa shape index (κ1) is 10.9. The van der Waals surface area contributed by atoms with Crippen LogP contribution in [0.1, 0.15) is 0 Å². The third-order valence-corrected chi connectivity index (χ3v) is 2.92. The molecule has 0 aliphatic heterocycles. The van der Waals surface area contributed by atoms with E-state index in [4.69, 9.17) is 10.4 Å². The van der Waals surface area contributed by atoms with Gasteiger partial charge in [0.2, 0.25) is 0 Å². The maximum atomic E-state index is 9.07. The van der Waals surface area contributed by atoms with Gasteiger partial charge in [-0.15, -0.1) is 0 Å². The Kier molecular flexibility index (Phi) is 3.07. The maximum Gasteiger partial charge on any atom is 0.119 e. The lowest BCUT2D eigenvalue weighted by Gasteiger charge is -1.98. The number of hydrogen-bond donors (Lipinski definition) is 3. The van der Waals surface area contributed by atoms with Gasteiger partial charge in [0.1, 0.15) is 5.36 Å². The molecule has 0 spiro atoms. The first-order chi connectivity index (χ1) is 7.76. The van der Waals surface area contributed by atoms with Crippen LogP contribution in [0.4, 0.5) is 5.69 Å². The van der Waals surface area contributed by atoms with Crippen LogP contribution in [0, 0.1) is 0 Å². The van der Waals surface area contributed by atoms with Crippen molar-refractivity contribution in [3.05, 3.63) is 46.2 Å². The van der Waals surface area contributed by atoms with Crippen molar-refractivity contribution < 1.29 is 10.4 Å². The number of rotatable bonds is 1. The summed E-state index contributed by atoms with van der Waals surface area (Å²) in [7, 11) is 0. The van der Waals surface area contributed by atoms with E-state index in [9.17, 15) is 0 Å². The van der Waals surface area contributed by atoms with E-state index >= 15 is 0 Å². The number of nitrogens with zero attached hydrogens (tertiary/aromatic N) is 1. The van der Waals surface area contributed by atoms with Gasteiger partial charge in [0.25, 0.3) is 0 Å². The molecule has 0 heterocycles. The quantitative estimate of drug-likeness (QED) is 0.556. The van der Waals surface area contributed by atoms with Crippen LogP contribution in [0.3, 0.4) is 0 Å². The Hall–Kier alpha value is -1.59. The highest BCUT2D eigenvalue weighted by Crippen LogP contribution is 2.22. The Morgan fingerprint density at radius 3 is 2.62 bits per heavy atom. The molecule has 0 aliphatic rings. The smallest absolute Gasteiger partial charge is 0.119 e. The van der Waals surface area contributed by atoms with Crippen molar-refractivity contribution in [2.24, 2.45) is 5.16 Å². The monoisotopic (exact) mass is 280 g/mol. The number of benzene rings is 1. The van der Waals surface area contributed by atoms with E-state index in [0.29, 0.717) is 15.5 Å². The van der Waals surface area contributed by atoms with Gasteiger partial charge < -0.3 is 5.21 Å². The van der Waals surface area contributed by atoms with Crippen LogP contribution in [0.2, 0.25) is 0 Å². The van der Waals surface area contributed by atoms with E-state index in [-0.39, 0.29) is 0 Å². The zero-order valence-corrected chi connectivity index (χ0v) is 9.77. The number of anilines is 1. The van der Waals surface area contributed by atoms with Crippen LogP contribution in [0.25, 0.3) is 10.8 Å². The molecule has 0 saturated heterocycles. The lowest BCUT2D eigenvalue weighted by atomic mass is 10.2. The van der Waals surface area contributed by atoms with Gasteiger partial charge in [-0.25, -0.2) is 0 Å². The Balaban J connectivity index is 3.00. The van der Waals surface area contributed by atoms with Crippen LogP contribution in [0.15, 0.2) is 46.0 Å². The lowest BCUT2D eigenvalue weighted by molar-refractivity contribution is 0.301. The van der Waals surface area contributed by atoms with Crippen molar-refractivity contribution in [2.45, 2.75) is 0 Å². The normalized spacial score (nSPS) is 11.8. The first-order valence-corrected chi connectivity index (χ1v) is 5.36. The number of hydrogen-bond acceptors (Lipinski definition) is 4. The van der Waals surface area contributed by atoms with E-state index in [1.54, 1.807) is 6.07 Å². The van der Waals surface area contributed by atoms with E-state index in [0.717, 1.165) is 10.8 Å². The minimum absolute atomic E-state index is 0.341. The van der Waals surface area contributed by atoms with Crippen LogP contribution in [-0.2, 0) is 0 Å². The molecule has 0 fully saturated rings. The van der Waals surface area contributed by atoms with Gasteiger partial charge in [0, 0.05) is 9.86 Å². The number of nitrogens with one attached hydrogen (secondary N) is 1. The summed E-state index contributed by atoms with van der Waals surface area (Å²) in [4.78, 5) is 0. The highest BCUT2D eigenvalue weighted by atomic mass is 79.9. The van der Waals surface area contributed by atoms with Crippen molar-refractivity contribution in [3.63, 3.8) is 0 Å². The maximum absolute atomic E-state index is 9.07. The van der Waals surface area contributed by atoms with Gasteiger partial charge in [-0.2, -0.15) is 0 Å². The van der Waals surface area contributed by atoms with Gasteiger partial charge in [-0.3, -0.25) is 10.7 Å². The standard InChI is InChI=1S/C11H9BrN2O2/c12-9-5-7-3-1-2-4-8(7)10(13-15)6-11(9)14-16/h1-6,13,15-16H/b14-11-. The minimum atomic E-state index is 0.341. The molecule has 2 aromatic carbocycles. The second-order valence-corrected chi connectivity index (χ2v) is 4.09. The van der Waals surface area contributed by atoms with E-state index in [2.05, 4.69) is 26.6 Å². The Morgan fingerprint density at radius 1 is 1.19 bits per heavy atom. The molecule has 0 aromatic heterocycles. The summed E-state index contributed by atoms with van der Waals surface area (Å²) >= 11 is 3.31. The zero-order chi connectivity index (χ0) is 11.5. The summed E-state index contributed by atoms with van der Waals surface area (Å²) in [6.07, 6.45) is 0. The van der Waals surface area contributed by atoms with Crippen LogP contribution in [-0.4, -0.2) is 10.4 Å². The number of fused-ring (bicyclic) bond motifs is 1. The molecule has 0 atom stereocenters. The molecule has 0 saturated carbocycles. The molecule has 0 aliphatic carbocycles. The van der Waals surface area contributed by atoms with Gasteiger partial charge in [-0.05, 0) is 33.4 Å². The second-order valence-electron chi connectivity index (χ2n) is 3.23. The molecule has 2 rings (SSSR count). The van der Waals surface area contributed by atoms with Crippen molar-refractivity contribution >= 4 is 32.4 Å². The van der Waals surface area contributed by atoms with Crippen molar-refractivity contribution in [3.8, 4) is 0 Å². The largest absolute Gasteiger partial charge is 0.410 e. The van der Waals surface area contributed by atoms with Crippen molar-refractivity contribution in [1.29, 1.82) is 0 Å². The molecule has 0 unspecified atom stereocenters. The summed E-state index contributed by atoms with van der Waals surface area (Å²) in [6, 6.07) is 10.9. The summed E-state index contributed by atoms with van der Waals surface area (Å²) in [5.41, 5.74) is 2.58. The summed E-state index contributed by atoms with van der Waals surface area (Å²) in [5, 5.41) is 23.1. The average molecular weight is 281 g/mol. The molecular weight excluding hydrogens is 272 g/mol. The van der Waals surface area contributed by atoms with Crippen molar-refractivity contribution in [1.82, 2.24) is 0 Å². The molecule has 16 heavy (non-hydrogen) atoms. The molecule has 0 bridgehead atoms. The van der Waals surface area contributed by atoms with E-state index in [1.807, 2.05) is 30.3 Å². The van der Waals surface area contributed by atoms with E-state index < -0.39 is 0 Å². The van der Waals surface area contributed by atoms with Crippen molar-refractivity contribution in [2.75, 3.05) is 5.48 Å². The fraction of sp³-hybridized carbons (Fsp3) is 0. The van der Waals surface area contributed by atoms with Crippen LogP contribution >= 0.6 is 15.9 Å². The topological polar surface area (TPSA) is 64.9 Å². The second kappa shape index (κ2) is 4.51. The molecular formula is C11H9BrN2O2. The first-order valence-electron chi connectivity index (χ1n) is 4.57. The highest BCUT2D eigenvalue weighted by molar-refractivity contribution is 9.10. The third kappa shape index (κ3) is 1.87. The molecule has 82 valence electrons. The molecule has 0 amide bonds. The van der Waals surface area contributed by atoms with Crippen LogP contribution < -0.4 is 10.8 Å². The summed E-state index contributed by atoms with van der Waals surface area (Å²) in [5.74, 6) is 0. The van der Waals surface area contributed by atoms with Gasteiger partial charge in [0.15, 0.2) is 0 Å². The minimum Gasteiger partial charge on any atom is -0.410 e. The average Bonchev–Trinajstić information content (AvgIpc) is 2.45. The predicted octanol–water partition coefficient (Wildman–Crippen LogP) is 2.69. The van der Waals surface area contributed by atoms with Gasteiger partial charge in [-0.1, -0.05) is 29.4 Å². The lowest BCUT2D eigenvalue weighted by Crippen LogP contribution is -2.00. The molecule has 2 aromatic rings. The van der Waals surface area contributed by atoms with Gasteiger partial charge >= 0.3 is 0 Å². The Bertz CT molecular complexity index is 599. The molecule has 3 N–H and O–H groups in total. The highest BCUT2D eigenvalue weighted by Gasteiger charge is 2.01. The Morgan fingerprint density at radius 2 is 1.94 bits per heavy atom. The fourth-order valence-corrected chi connectivity index (χ4v) is 1.97. The van der Waals surface area contributed by atoms with Gasteiger partial charge in [0.05, 0.1) is 5.69 Å².